The molecule has 1 aromatic carbocycles. The summed E-state index contributed by atoms with van der Waals surface area (Å²) in [6, 6.07) is 10.5. The van der Waals surface area contributed by atoms with Gasteiger partial charge in [0.2, 0.25) is 5.91 Å². The van der Waals surface area contributed by atoms with Crippen molar-refractivity contribution in [1.29, 1.82) is 0 Å². The molecule has 0 radical (unpaired) electrons. The number of hydrogen-bond donors (Lipinski definition) is 1. The lowest BCUT2D eigenvalue weighted by Gasteiger charge is -2.08. The van der Waals surface area contributed by atoms with Crippen LogP contribution in [0.3, 0.4) is 0 Å². The van der Waals surface area contributed by atoms with E-state index in [4.69, 9.17) is 0 Å². The van der Waals surface area contributed by atoms with Gasteiger partial charge in [0.15, 0.2) is 0 Å². The minimum atomic E-state index is 0.0306. The van der Waals surface area contributed by atoms with Crippen molar-refractivity contribution in [3.8, 4) is 0 Å². The topological polar surface area (TPSA) is 29.1 Å². The minimum absolute atomic E-state index is 0.0306. The number of amides is 1. The van der Waals surface area contributed by atoms with Crippen LogP contribution in [0, 0.1) is 0 Å². The zero-order valence-corrected chi connectivity index (χ0v) is 7.94. The average molecular weight is 187 g/mol. The molecule has 72 valence electrons. The van der Waals surface area contributed by atoms with E-state index in [1.54, 1.807) is 6.08 Å². The summed E-state index contributed by atoms with van der Waals surface area (Å²) in [6.07, 6.45) is 5.53. The molecule has 1 aliphatic heterocycles. The van der Waals surface area contributed by atoms with E-state index < -0.39 is 0 Å². The summed E-state index contributed by atoms with van der Waals surface area (Å²) in [7, 11) is 0. The van der Waals surface area contributed by atoms with Gasteiger partial charge in [-0.3, -0.25) is 4.79 Å². The summed E-state index contributed by atoms with van der Waals surface area (Å²) in [5.41, 5.74) is 1.32. The molecule has 2 heteroatoms. The Kier molecular flexibility index (Phi) is 2.63. The first-order valence-corrected chi connectivity index (χ1v) is 4.87. The van der Waals surface area contributed by atoms with Crippen LogP contribution in [0.2, 0.25) is 0 Å². The maximum absolute atomic E-state index is 10.9. The predicted octanol–water partition coefficient (Wildman–Crippen LogP) is 1.67. The fraction of sp³-hybridized carbons (Fsp3) is 0.250. The van der Waals surface area contributed by atoms with E-state index in [0.29, 0.717) is 0 Å². The SMILES string of the molecule is O=C1C=C[C@@H](CCc2ccccc2)N1. The Bertz CT molecular complexity index is 343. The Morgan fingerprint density at radius 2 is 2.00 bits per heavy atom. The van der Waals surface area contributed by atoms with Gasteiger partial charge < -0.3 is 5.32 Å². The quantitative estimate of drug-likeness (QED) is 0.766. The molecule has 0 unspecified atom stereocenters. The predicted molar refractivity (Wildman–Crippen MR) is 55.8 cm³/mol. The van der Waals surface area contributed by atoms with Crippen molar-refractivity contribution in [3.05, 3.63) is 48.0 Å². The highest BCUT2D eigenvalue weighted by Crippen LogP contribution is 2.08. The summed E-state index contributed by atoms with van der Waals surface area (Å²) < 4.78 is 0. The van der Waals surface area contributed by atoms with Gasteiger partial charge in [-0.05, 0) is 18.4 Å². The third-order valence-corrected chi connectivity index (χ3v) is 2.39. The molecule has 1 aliphatic rings. The van der Waals surface area contributed by atoms with Crippen molar-refractivity contribution in [2.45, 2.75) is 18.9 Å². The van der Waals surface area contributed by atoms with E-state index in [-0.39, 0.29) is 11.9 Å². The standard InChI is InChI=1S/C12H13NO/c14-12-9-8-11(13-12)7-6-10-4-2-1-3-5-10/h1-5,8-9,11H,6-7H2,(H,13,14)/t11-/m1/s1. The number of carbonyl (C=O) groups excluding carboxylic acids is 1. The summed E-state index contributed by atoms with van der Waals surface area (Å²) in [4.78, 5) is 10.9. The second-order valence-electron chi connectivity index (χ2n) is 3.50. The third kappa shape index (κ3) is 2.22. The summed E-state index contributed by atoms with van der Waals surface area (Å²) >= 11 is 0. The molecule has 1 amide bonds. The smallest absolute Gasteiger partial charge is 0.244 e. The number of rotatable bonds is 3. The van der Waals surface area contributed by atoms with Crippen LogP contribution in [0.1, 0.15) is 12.0 Å². The maximum Gasteiger partial charge on any atom is 0.244 e. The van der Waals surface area contributed by atoms with Gasteiger partial charge in [0.05, 0.1) is 0 Å². The molecule has 2 nitrogen and oxygen atoms in total. The van der Waals surface area contributed by atoms with Gasteiger partial charge >= 0.3 is 0 Å². The molecule has 1 atom stereocenters. The molecule has 1 heterocycles. The first-order chi connectivity index (χ1) is 6.84. The van der Waals surface area contributed by atoms with E-state index in [1.807, 2.05) is 24.3 Å². The normalized spacial score (nSPS) is 19.7. The Morgan fingerprint density at radius 3 is 2.64 bits per heavy atom. The number of aryl methyl sites for hydroxylation is 1. The van der Waals surface area contributed by atoms with Gasteiger partial charge in [-0.2, -0.15) is 0 Å². The summed E-state index contributed by atoms with van der Waals surface area (Å²) in [5.74, 6) is 0.0306. The van der Waals surface area contributed by atoms with Crippen molar-refractivity contribution in [2.24, 2.45) is 0 Å². The average Bonchev–Trinajstić information content (AvgIpc) is 2.63. The van der Waals surface area contributed by atoms with Crippen LogP contribution >= 0.6 is 0 Å². The van der Waals surface area contributed by atoms with Gasteiger partial charge in [0, 0.05) is 12.1 Å². The lowest BCUT2D eigenvalue weighted by Crippen LogP contribution is -2.26. The number of carbonyl (C=O) groups is 1. The maximum atomic E-state index is 10.9. The van der Waals surface area contributed by atoms with E-state index >= 15 is 0 Å². The van der Waals surface area contributed by atoms with Crippen LogP contribution in [0.5, 0.6) is 0 Å². The highest BCUT2D eigenvalue weighted by Gasteiger charge is 2.12. The molecule has 0 saturated heterocycles. The van der Waals surface area contributed by atoms with Crippen LogP contribution in [0.25, 0.3) is 0 Å². The fourth-order valence-electron chi connectivity index (χ4n) is 1.62. The highest BCUT2D eigenvalue weighted by atomic mass is 16.1. The molecule has 0 saturated carbocycles. The third-order valence-electron chi connectivity index (χ3n) is 2.39. The zero-order chi connectivity index (χ0) is 9.80. The molecular formula is C12H13NO. The molecule has 0 bridgehead atoms. The molecule has 1 aromatic rings. The van der Waals surface area contributed by atoms with Crippen molar-refractivity contribution in [2.75, 3.05) is 0 Å². The van der Waals surface area contributed by atoms with Crippen molar-refractivity contribution < 1.29 is 4.79 Å². The Labute approximate surface area is 83.6 Å². The van der Waals surface area contributed by atoms with E-state index in [1.165, 1.54) is 5.56 Å². The molecule has 0 spiro atoms. The number of benzene rings is 1. The van der Waals surface area contributed by atoms with Crippen LogP contribution in [0.15, 0.2) is 42.5 Å². The highest BCUT2D eigenvalue weighted by molar-refractivity contribution is 5.90. The van der Waals surface area contributed by atoms with E-state index in [9.17, 15) is 4.79 Å². The molecule has 0 aromatic heterocycles. The van der Waals surface area contributed by atoms with Crippen molar-refractivity contribution in [1.82, 2.24) is 5.32 Å². The van der Waals surface area contributed by atoms with Crippen LogP contribution in [-0.2, 0) is 11.2 Å². The molecule has 0 fully saturated rings. The largest absolute Gasteiger partial charge is 0.346 e. The fourth-order valence-corrected chi connectivity index (χ4v) is 1.62. The molecule has 1 N–H and O–H groups in total. The van der Waals surface area contributed by atoms with Gasteiger partial charge in [0.25, 0.3) is 0 Å². The van der Waals surface area contributed by atoms with E-state index in [0.717, 1.165) is 12.8 Å². The van der Waals surface area contributed by atoms with E-state index in [2.05, 4.69) is 17.4 Å². The molecule has 2 rings (SSSR count). The molecule has 0 aliphatic carbocycles. The van der Waals surface area contributed by atoms with Crippen LogP contribution < -0.4 is 5.32 Å². The molecular weight excluding hydrogens is 174 g/mol. The number of hydrogen-bond acceptors (Lipinski definition) is 1. The van der Waals surface area contributed by atoms with Crippen molar-refractivity contribution in [3.63, 3.8) is 0 Å². The minimum Gasteiger partial charge on any atom is -0.346 e. The monoisotopic (exact) mass is 187 g/mol. The zero-order valence-electron chi connectivity index (χ0n) is 7.94. The number of nitrogens with one attached hydrogen (secondary N) is 1. The van der Waals surface area contributed by atoms with Crippen LogP contribution in [-0.4, -0.2) is 11.9 Å². The first-order valence-electron chi connectivity index (χ1n) is 4.87. The Balaban J connectivity index is 1.84. The lowest BCUT2D eigenvalue weighted by atomic mass is 10.1. The summed E-state index contributed by atoms with van der Waals surface area (Å²) in [6.45, 7) is 0. The van der Waals surface area contributed by atoms with Gasteiger partial charge in [-0.15, -0.1) is 0 Å². The van der Waals surface area contributed by atoms with Gasteiger partial charge in [-0.25, -0.2) is 0 Å². The summed E-state index contributed by atoms with van der Waals surface area (Å²) in [5, 5.41) is 2.87. The van der Waals surface area contributed by atoms with Gasteiger partial charge in [0.1, 0.15) is 0 Å². The van der Waals surface area contributed by atoms with Gasteiger partial charge in [-0.1, -0.05) is 36.4 Å². The van der Waals surface area contributed by atoms with Crippen molar-refractivity contribution >= 4 is 5.91 Å². The molecule has 14 heavy (non-hydrogen) atoms. The Morgan fingerprint density at radius 1 is 1.21 bits per heavy atom. The Hall–Kier alpha value is -1.57. The van der Waals surface area contributed by atoms with Crippen LogP contribution in [0.4, 0.5) is 0 Å². The lowest BCUT2D eigenvalue weighted by molar-refractivity contribution is -0.116. The second-order valence-corrected chi connectivity index (χ2v) is 3.50. The second kappa shape index (κ2) is 4.09. The first kappa shape index (κ1) is 9.00.